The van der Waals surface area contributed by atoms with E-state index in [0.29, 0.717) is 31.7 Å². The summed E-state index contributed by atoms with van der Waals surface area (Å²) in [5.74, 6) is -0.352. The van der Waals surface area contributed by atoms with E-state index >= 15 is 0 Å². The number of carboxylic acids is 1. The van der Waals surface area contributed by atoms with Crippen molar-refractivity contribution in [3.63, 3.8) is 0 Å². The van der Waals surface area contributed by atoms with Gasteiger partial charge in [-0.05, 0) is 25.2 Å². The second-order valence-electron chi connectivity index (χ2n) is 4.66. The molecule has 1 saturated carbocycles. The molecule has 1 aliphatic carbocycles. The molecule has 0 radical (unpaired) electrons. The van der Waals surface area contributed by atoms with Crippen LogP contribution in [0.4, 0.5) is 0 Å². The molecule has 1 unspecified atom stereocenters. The van der Waals surface area contributed by atoms with Crippen molar-refractivity contribution in [1.29, 1.82) is 0 Å². The monoisotopic (exact) mass is 247 g/mol. The standard InChI is InChI=1S/C10H17NO4S/c12-10(13)9-2-1-6-11(9)16(14,15)7-5-8-3-4-8/h8-9H,1-7H2,(H,12,13). The van der Waals surface area contributed by atoms with Gasteiger partial charge >= 0.3 is 5.97 Å². The molecule has 1 saturated heterocycles. The van der Waals surface area contributed by atoms with Gasteiger partial charge in [0.1, 0.15) is 6.04 Å². The zero-order chi connectivity index (χ0) is 11.8. The molecule has 92 valence electrons. The Morgan fingerprint density at radius 2 is 2.00 bits per heavy atom. The summed E-state index contributed by atoms with van der Waals surface area (Å²) in [6.07, 6.45) is 4.03. The van der Waals surface area contributed by atoms with Gasteiger partial charge in [0, 0.05) is 6.54 Å². The molecule has 0 aromatic rings. The van der Waals surface area contributed by atoms with Crippen molar-refractivity contribution in [2.45, 2.75) is 38.1 Å². The van der Waals surface area contributed by atoms with E-state index in [0.717, 1.165) is 12.8 Å². The highest BCUT2D eigenvalue weighted by Gasteiger charge is 2.39. The Hall–Kier alpha value is -0.620. The minimum Gasteiger partial charge on any atom is -0.480 e. The zero-order valence-corrected chi connectivity index (χ0v) is 9.95. The van der Waals surface area contributed by atoms with E-state index in [4.69, 9.17) is 5.11 Å². The predicted molar refractivity (Wildman–Crippen MR) is 58.5 cm³/mol. The summed E-state index contributed by atoms with van der Waals surface area (Å²) in [5.41, 5.74) is 0. The summed E-state index contributed by atoms with van der Waals surface area (Å²) in [6.45, 7) is 0.365. The van der Waals surface area contributed by atoms with E-state index in [1.54, 1.807) is 0 Å². The molecule has 0 amide bonds. The molecule has 1 aliphatic heterocycles. The molecule has 6 heteroatoms. The molecular formula is C10H17NO4S. The van der Waals surface area contributed by atoms with Gasteiger partial charge in [-0.3, -0.25) is 4.79 Å². The first kappa shape index (κ1) is 11.9. The third-order valence-corrected chi connectivity index (χ3v) is 5.23. The Morgan fingerprint density at radius 1 is 1.31 bits per heavy atom. The molecule has 5 nitrogen and oxygen atoms in total. The van der Waals surface area contributed by atoms with Crippen molar-refractivity contribution in [2.75, 3.05) is 12.3 Å². The highest BCUT2D eigenvalue weighted by Crippen LogP contribution is 2.33. The number of rotatable bonds is 5. The molecule has 1 heterocycles. The molecule has 16 heavy (non-hydrogen) atoms. The molecule has 0 bridgehead atoms. The van der Waals surface area contributed by atoms with Crippen molar-refractivity contribution >= 4 is 16.0 Å². The van der Waals surface area contributed by atoms with Crippen LogP contribution in [0.3, 0.4) is 0 Å². The van der Waals surface area contributed by atoms with Crippen molar-refractivity contribution < 1.29 is 18.3 Å². The van der Waals surface area contributed by atoms with Gasteiger partial charge in [-0.15, -0.1) is 0 Å². The summed E-state index contributed by atoms with van der Waals surface area (Å²) in [5, 5.41) is 8.93. The number of nitrogens with zero attached hydrogens (tertiary/aromatic N) is 1. The Labute approximate surface area is 95.5 Å². The van der Waals surface area contributed by atoms with Gasteiger partial charge in [-0.25, -0.2) is 8.42 Å². The maximum absolute atomic E-state index is 11.9. The molecule has 2 aliphatic rings. The molecule has 2 rings (SSSR count). The summed E-state index contributed by atoms with van der Waals surface area (Å²) in [7, 11) is -3.36. The molecular weight excluding hydrogens is 230 g/mol. The fraction of sp³-hybridized carbons (Fsp3) is 0.900. The molecule has 0 aromatic carbocycles. The fourth-order valence-electron chi connectivity index (χ4n) is 2.16. The first-order valence-corrected chi connectivity index (χ1v) is 7.34. The van der Waals surface area contributed by atoms with Crippen LogP contribution < -0.4 is 0 Å². The number of carboxylic acid groups (broad SMARTS) is 1. The second-order valence-corrected chi connectivity index (χ2v) is 6.70. The lowest BCUT2D eigenvalue weighted by atomic mass is 10.2. The lowest BCUT2D eigenvalue weighted by Gasteiger charge is -2.20. The first-order chi connectivity index (χ1) is 7.50. The van der Waals surface area contributed by atoms with Crippen LogP contribution in [0.1, 0.15) is 32.1 Å². The van der Waals surface area contributed by atoms with Crippen molar-refractivity contribution in [1.82, 2.24) is 4.31 Å². The van der Waals surface area contributed by atoms with E-state index in [1.165, 1.54) is 4.31 Å². The molecule has 0 aromatic heterocycles. The highest BCUT2D eigenvalue weighted by molar-refractivity contribution is 7.89. The Kier molecular flexibility index (Phi) is 3.21. The van der Waals surface area contributed by atoms with Gasteiger partial charge in [0.2, 0.25) is 10.0 Å². The first-order valence-electron chi connectivity index (χ1n) is 5.73. The second kappa shape index (κ2) is 4.33. The van der Waals surface area contributed by atoms with E-state index in [-0.39, 0.29) is 5.75 Å². The van der Waals surface area contributed by atoms with E-state index < -0.39 is 22.0 Å². The Balaban J connectivity index is 2.00. The molecule has 0 spiro atoms. The zero-order valence-electron chi connectivity index (χ0n) is 9.13. The maximum atomic E-state index is 11.9. The van der Waals surface area contributed by atoms with E-state index in [2.05, 4.69) is 0 Å². The van der Waals surface area contributed by atoms with Crippen LogP contribution in [-0.2, 0) is 14.8 Å². The number of hydrogen-bond donors (Lipinski definition) is 1. The smallest absolute Gasteiger partial charge is 0.322 e. The third kappa shape index (κ3) is 2.55. The van der Waals surface area contributed by atoms with Crippen LogP contribution in [0.25, 0.3) is 0 Å². The Morgan fingerprint density at radius 3 is 2.56 bits per heavy atom. The number of sulfonamides is 1. The molecule has 1 N–H and O–H groups in total. The lowest BCUT2D eigenvalue weighted by molar-refractivity contribution is -0.140. The van der Waals surface area contributed by atoms with Crippen LogP contribution >= 0.6 is 0 Å². The van der Waals surface area contributed by atoms with Crippen molar-refractivity contribution in [2.24, 2.45) is 5.92 Å². The predicted octanol–water partition coefficient (Wildman–Crippen LogP) is 0.665. The van der Waals surface area contributed by atoms with E-state index in [1.807, 2.05) is 0 Å². The van der Waals surface area contributed by atoms with Crippen LogP contribution in [0.15, 0.2) is 0 Å². The molecule has 1 atom stereocenters. The number of aliphatic carboxylic acids is 1. The summed E-state index contributed by atoms with van der Waals surface area (Å²) in [6, 6.07) is -0.829. The van der Waals surface area contributed by atoms with Gasteiger partial charge in [0.05, 0.1) is 5.75 Å². The van der Waals surface area contributed by atoms with Gasteiger partial charge in [0.25, 0.3) is 0 Å². The van der Waals surface area contributed by atoms with Crippen LogP contribution in [0, 0.1) is 5.92 Å². The van der Waals surface area contributed by atoms with Crippen LogP contribution in [0.5, 0.6) is 0 Å². The minimum atomic E-state index is -3.36. The number of carbonyl (C=O) groups is 1. The average molecular weight is 247 g/mol. The fourth-order valence-corrected chi connectivity index (χ4v) is 4.02. The SMILES string of the molecule is O=C(O)C1CCCN1S(=O)(=O)CCC1CC1. The summed E-state index contributed by atoms with van der Waals surface area (Å²) < 4.78 is 25.1. The molecule has 2 fully saturated rings. The normalized spacial score (nSPS) is 27.1. The van der Waals surface area contributed by atoms with Crippen LogP contribution in [-0.4, -0.2) is 42.1 Å². The van der Waals surface area contributed by atoms with Gasteiger partial charge < -0.3 is 5.11 Å². The van der Waals surface area contributed by atoms with Gasteiger partial charge in [-0.2, -0.15) is 4.31 Å². The largest absolute Gasteiger partial charge is 0.480 e. The van der Waals surface area contributed by atoms with Crippen molar-refractivity contribution in [3.8, 4) is 0 Å². The Bertz CT molecular complexity index is 374. The highest BCUT2D eigenvalue weighted by atomic mass is 32.2. The summed E-state index contributed by atoms with van der Waals surface area (Å²) >= 11 is 0. The van der Waals surface area contributed by atoms with Gasteiger partial charge in [-0.1, -0.05) is 12.8 Å². The maximum Gasteiger partial charge on any atom is 0.322 e. The quantitative estimate of drug-likeness (QED) is 0.774. The van der Waals surface area contributed by atoms with Crippen LogP contribution in [0.2, 0.25) is 0 Å². The summed E-state index contributed by atoms with van der Waals surface area (Å²) in [4.78, 5) is 10.9. The van der Waals surface area contributed by atoms with E-state index in [9.17, 15) is 13.2 Å². The minimum absolute atomic E-state index is 0.113. The number of hydrogen-bond acceptors (Lipinski definition) is 3. The lowest BCUT2D eigenvalue weighted by Crippen LogP contribution is -2.41. The van der Waals surface area contributed by atoms with Gasteiger partial charge in [0.15, 0.2) is 0 Å². The average Bonchev–Trinajstić information content (AvgIpc) is 2.88. The van der Waals surface area contributed by atoms with Crippen molar-refractivity contribution in [3.05, 3.63) is 0 Å². The topological polar surface area (TPSA) is 74.7 Å². The third-order valence-electron chi connectivity index (χ3n) is 3.33.